The molecule has 3 saturated heterocycles. The lowest BCUT2D eigenvalue weighted by atomic mass is 10.1. The van der Waals surface area contributed by atoms with E-state index in [2.05, 4.69) is 10.2 Å². The van der Waals surface area contributed by atoms with Gasteiger partial charge in [0.1, 0.15) is 6.54 Å². The predicted octanol–water partition coefficient (Wildman–Crippen LogP) is 1.39. The molecule has 4 aliphatic rings. The molecule has 140 valence electrons. The molecule has 0 aromatic carbocycles. The normalized spacial score (nSPS) is 26.6. The highest BCUT2D eigenvalue weighted by Gasteiger charge is 2.53. The number of carbonyl (C=O) groups is 2. The molecule has 3 fully saturated rings. The van der Waals surface area contributed by atoms with Crippen molar-refractivity contribution in [3.8, 4) is 10.8 Å². The first-order chi connectivity index (χ1) is 13.1. The molecule has 2 aromatic rings. The number of hydrogen-bond acceptors (Lipinski definition) is 10. The largest absolute Gasteiger partial charge is 0.403 e. The molecule has 0 radical (unpaired) electrons. The van der Waals surface area contributed by atoms with Crippen molar-refractivity contribution in [2.45, 2.75) is 24.8 Å². The zero-order valence-corrected chi connectivity index (χ0v) is 15.1. The highest BCUT2D eigenvalue weighted by molar-refractivity contribution is 7.13. The van der Waals surface area contributed by atoms with Crippen molar-refractivity contribution < 1.29 is 23.5 Å². The smallest absolute Gasteiger partial charge is 0.339 e. The number of fused-ring (bicyclic) bond motifs is 3. The number of rotatable bonds is 2. The van der Waals surface area contributed by atoms with E-state index in [0.717, 1.165) is 29.9 Å². The molecule has 0 amide bonds. The zero-order chi connectivity index (χ0) is 18.4. The molecule has 0 unspecified atom stereocenters. The predicted molar refractivity (Wildman–Crippen MR) is 93.6 cm³/mol. The van der Waals surface area contributed by atoms with Crippen molar-refractivity contribution in [2.24, 2.45) is 0 Å². The van der Waals surface area contributed by atoms with Gasteiger partial charge in [-0.3, -0.25) is 0 Å². The Kier molecular flexibility index (Phi) is 3.76. The number of thiophene rings is 1. The molecule has 0 saturated carbocycles. The minimum Gasteiger partial charge on any atom is -0.403 e. The van der Waals surface area contributed by atoms with Gasteiger partial charge in [0, 0.05) is 31.3 Å². The summed E-state index contributed by atoms with van der Waals surface area (Å²) >= 11 is 1.51. The standard InChI is InChI=1S/C17H16N4O5S/c22-13-3-4-14(23)26-17(25-13)10-21(11-5-7-20(17)8-6-11)16-19-18-15(24-16)12-2-1-9-27-12/h1-4,9,11H,5-8,10H2. The summed E-state index contributed by atoms with van der Waals surface area (Å²) < 4.78 is 17.0. The van der Waals surface area contributed by atoms with Crippen molar-refractivity contribution in [1.29, 1.82) is 0 Å². The van der Waals surface area contributed by atoms with Crippen LogP contribution in [0.2, 0.25) is 0 Å². The summed E-state index contributed by atoms with van der Waals surface area (Å²) in [5, 5.41) is 10.3. The van der Waals surface area contributed by atoms with Crippen molar-refractivity contribution in [3.63, 3.8) is 0 Å². The molecule has 0 atom stereocenters. The maximum atomic E-state index is 12.1. The lowest BCUT2D eigenvalue weighted by Gasteiger charge is -2.39. The molecule has 9 nitrogen and oxygen atoms in total. The van der Waals surface area contributed by atoms with Crippen molar-refractivity contribution in [1.82, 2.24) is 15.1 Å². The molecule has 0 N–H and O–H groups in total. The Labute approximate surface area is 158 Å². The number of anilines is 1. The number of carbonyl (C=O) groups excluding carboxylic acids is 2. The fraction of sp³-hybridized carbons (Fsp3) is 0.412. The molecular weight excluding hydrogens is 372 g/mol. The quantitative estimate of drug-likeness (QED) is 0.707. The summed E-state index contributed by atoms with van der Waals surface area (Å²) in [5.74, 6) is -2.29. The van der Waals surface area contributed by atoms with E-state index in [4.69, 9.17) is 13.9 Å². The molecule has 1 spiro atoms. The van der Waals surface area contributed by atoms with Gasteiger partial charge in [-0.15, -0.1) is 16.4 Å². The van der Waals surface area contributed by atoms with Crippen LogP contribution >= 0.6 is 11.3 Å². The lowest BCUT2D eigenvalue weighted by molar-refractivity contribution is -0.274. The van der Waals surface area contributed by atoms with Gasteiger partial charge in [-0.1, -0.05) is 11.2 Å². The molecular formula is C17H16N4O5S. The Hall–Kier alpha value is -2.72. The van der Waals surface area contributed by atoms with Gasteiger partial charge < -0.3 is 18.8 Å². The average molecular weight is 388 g/mol. The van der Waals surface area contributed by atoms with Crippen LogP contribution in [0.15, 0.2) is 34.1 Å². The van der Waals surface area contributed by atoms with Crippen molar-refractivity contribution in [2.75, 3.05) is 24.5 Å². The average Bonchev–Trinajstić information content (AvgIpc) is 3.29. The van der Waals surface area contributed by atoms with Gasteiger partial charge in [-0.05, 0) is 24.3 Å². The maximum Gasteiger partial charge on any atom is 0.339 e. The zero-order valence-electron chi connectivity index (χ0n) is 14.2. The first-order valence-electron chi connectivity index (χ1n) is 8.66. The number of aromatic nitrogens is 2. The van der Waals surface area contributed by atoms with Crippen LogP contribution in [0.4, 0.5) is 6.01 Å². The number of hydrogen-bond donors (Lipinski definition) is 0. The molecule has 6 rings (SSSR count). The number of esters is 2. The van der Waals surface area contributed by atoms with E-state index < -0.39 is 17.8 Å². The van der Waals surface area contributed by atoms with E-state index in [1.807, 2.05) is 27.3 Å². The fourth-order valence-corrected chi connectivity index (χ4v) is 4.39. The second kappa shape index (κ2) is 6.17. The van der Waals surface area contributed by atoms with E-state index >= 15 is 0 Å². The van der Waals surface area contributed by atoms with Gasteiger partial charge in [0.15, 0.2) is 0 Å². The first-order valence-corrected chi connectivity index (χ1v) is 9.54. The summed E-state index contributed by atoms with van der Waals surface area (Å²) in [4.78, 5) is 28.8. The molecule has 27 heavy (non-hydrogen) atoms. The SMILES string of the molecule is O=C1C=CC(=O)OC2(CN(c3nnc(-c4cccs4)o3)C3CCN2CC3)O1. The van der Waals surface area contributed by atoms with Crippen molar-refractivity contribution >= 4 is 29.3 Å². The molecule has 0 aliphatic carbocycles. The number of nitrogens with zero attached hydrogens (tertiary/aromatic N) is 4. The first kappa shape index (κ1) is 16.5. The van der Waals surface area contributed by atoms with Crippen LogP contribution in [0.1, 0.15) is 12.8 Å². The highest BCUT2D eigenvalue weighted by atomic mass is 32.1. The Balaban J connectivity index is 1.51. The molecule has 2 bridgehead atoms. The minimum atomic E-state index is -1.50. The Bertz CT molecular complexity index is 880. The third kappa shape index (κ3) is 2.81. The Morgan fingerprint density at radius 2 is 1.85 bits per heavy atom. The number of ether oxygens (including phenoxy) is 2. The third-order valence-electron chi connectivity index (χ3n) is 5.02. The van der Waals surface area contributed by atoms with Crippen LogP contribution in [-0.4, -0.2) is 58.6 Å². The monoisotopic (exact) mass is 388 g/mol. The fourth-order valence-electron chi connectivity index (χ4n) is 3.75. The Morgan fingerprint density at radius 3 is 2.52 bits per heavy atom. The molecule has 4 aliphatic heterocycles. The molecule has 10 heteroatoms. The minimum absolute atomic E-state index is 0.114. The molecule has 6 heterocycles. The summed E-state index contributed by atoms with van der Waals surface area (Å²) in [6, 6.07) is 4.28. The second-order valence-electron chi connectivity index (χ2n) is 6.60. The van der Waals surface area contributed by atoms with Gasteiger partial charge in [-0.2, -0.15) is 0 Å². The van der Waals surface area contributed by atoms with Crippen LogP contribution in [0.3, 0.4) is 0 Å². The van der Waals surface area contributed by atoms with E-state index in [1.54, 1.807) is 0 Å². The van der Waals surface area contributed by atoms with Gasteiger partial charge in [0.25, 0.3) is 5.89 Å². The van der Waals surface area contributed by atoms with Gasteiger partial charge in [0.05, 0.1) is 4.88 Å². The van der Waals surface area contributed by atoms with E-state index in [0.29, 0.717) is 25.0 Å². The van der Waals surface area contributed by atoms with E-state index in [9.17, 15) is 9.59 Å². The lowest BCUT2D eigenvalue weighted by Crippen LogP contribution is -2.58. The Morgan fingerprint density at radius 1 is 1.11 bits per heavy atom. The van der Waals surface area contributed by atoms with Crippen LogP contribution in [0.25, 0.3) is 10.8 Å². The van der Waals surface area contributed by atoms with Crippen LogP contribution in [0.5, 0.6) is 0 Å². The highest BCUT2D eigenvalue weighted by Crippen LogP contribution is 2.37. The third-order valence-corrected chi connectivity index (χ3v) is 5.88. The second-order valence-corrected chi connectivity index (χ2v) is 7.55. The maximum absolute atomic E-state index is 12.1. The van der Waals surface area contributed by atoms with Crippen molar-refractivity contribution in [3.05, 3.63) is 29.7 Å². The van der Waals surface area contributed by atoms with Gasteiger partial charge in [-0.25, -0.2) is 14.5 Å². The van der Waals surface area contributed by atoms with Gasteiger partial charge in [0.2, 0.25) is 0 Å². The van der Waals surface area contributed by atoms with Crippen LogP contribution < -0.4 is 4.90 Å². The summed E-state index contributed by atoms with van der Waals surface area (Å²) in [7, 11) is 0. The van der Waals surface area contributed by atoms with Crippen LogP contribution in [0, 0.1) is 0 Å². The van der Waals surface area contributed by atoms with E-state index in [-0.39, 0.29) is 12.6 Å². The number of piperidine rings is 1. The topological polar surface area (TPSA) is 98.0 Å². The van der Waals surface area contributed by atoms with E-state index in [1.165, 1.54) is 11.3 Å². The molecule has 2 aromatic heterocycles. The van der Waals surface area contributed by atoms with Crippen LogP contribution in [-0.2, 0) is 19.1 Å². The van der Waals surface area contributed by atoms with Gasteiger partial charge >= 0.3 is 23.9 Å². The summed E-state index contributed by atoms with van der Waals surface area (Å²) in [5.41, 5.74) is 0. The summed E-state index contributed by atoms with van der Waals surface area (Å²) in [6.07, 6.45) is 3.78. The summed E-state index contributed by atoms with van der Waals surface area (Å²) in [6.45, 7) is 1.38.